The van der Waals surface area contributed by atoms with Crippen LogP contribution in [0.2, 0.25) is 0 Å². The summed E-state index contributed by atoms with van der Waals surface area (Å²) in [5.41, 5.74) is 0.811. The Labute approximate surface area is 140 Å². The van der Waals surface area contributed by atoms with E-state index < -0.39 is 6.10 Å². The van der Waals surface area contributed by atoms with Gasteiger partial charge in [-0.2, -0.15) is 9.61 Å². The summed E-state index contributed by atoms with van der Waals surface area (Å²) in [6, 6.07) is 8.09. The summed E-state index contributed by atoms with van der Waals surface area (Å²) in [4.78, 5) is 0. The number of hydrogen-bond acceptors (Lipinski definition) is 4. The van der Waals surface area contributed by atoms with Gasteiger partial charge in [-0.3, -0.25) is 0 Å². The Morgan fingerprint density at radius 1 is 1.17 bits per heavy atom. The Hall–Kier alpha value is -2.01. The fourth-order valence-electron chi connectivity index (χ4n) is 5.37. The van der Waals surface area contributed by atoms with Crippen LogP contribution in [-0.2, 0) is 0 Å². The molecular formula is C19H22N4O. The molecule has 2 saturated carbocycles. The summed E-state index contributed by atoms with van der Waals surface area (Å²) < 4.78 is 1.84. The van der Waals surface area contributed by atoms with Crippen LogP contribution in [0.3, 0.4) is 0 Å². The van der Waals surface area contributed by atoms with E-state index in [1.54, 1.807) is 0 Å². The molecule has 2 aromatic heterocycles. The van der Waals surface area contributed by atoms with Crippen LogP contribution in [0.5, 0.6) is 0 Å². The van der Waals surface area contributed by atoms with Crippen molar-refractivity contribution >= 4 is 16.4 Å². The maximum Gasteiger partial charge on any atom is 0.185 e. The van der Waals surface area contributed by atoms with Gasteiger partial charge < -0.3 is 5.11 Å². The zero-order chi connectivity index (χ0) is 16.7. The summed E-state index contributed by atoms with van der Waals surface area (Å²) in [5, 5.41) is 26.7. The fourth-order valence-corrected chi connectivity index (χ4v) is 5.37. The van der Waals surface area contributed by atoms with E-state index in [1.165, 1.54) is 0 Å². The monoisotopic (exact) mass is 322 g/mol. The number of aromatic nitrogens is 4. The zero-order valence-corrected chi connectivity index (χ0v) is 14.3. The highest BCUT2D eigenvalue weighted by molar-refractivity contribution is 5.92. The molecule has 124 valence electrons. The Morgan fingerprint density at radius 2 is 1.96 bits per heavy atom. The van der Waals surface area contributed by atoms with E-state index in [0.29, 0.717) is 5.92 Å². The van der Waals surface area contributed by atoms with E-state index in [1.807, 2.05) is 35.0 Å². The molecule has 2 aliphatic rings. The molecule has 2 bridgehead atoms. The number of rotatable bonds is 1. The van der Waals surface area contributed by atoms with Crippen molar-refractivity contribution in [1.82, 2.24) is 19.8 Å². The summed E-state index contributed by atoms with van der Waals surface area (Å²) >= 11 is 0. The summed E-state index contributed by atoms with van der Waals surface area (Å²) in [7, 11) is 0. The van der Waals surface area contributed by atoms with Crippen molar-refractivity contribution in [1.29, 1.82) is 0 Å². The third kappa shape index (κ3) is 1.47. The van der Waals surface area contributed by atoms with E-state index >= 15 is 0 Å². The van der Waals surface area contributed by atoms with E-state index in [9.17, 15) is 5.11 Å². The van der Waals surface area contributed by atoms with Crippen LogP contribution >= 0.6 is 0 Å². The van der Waals surface area contributed by atoms with Crippen molar-refractivity contribution < 1.29 is 5.11 Å². The molecule has 24 heavy (non-hydrogen) atoms. The van der Waals surface area contributed by atoms with Gasteiger partial charge in [-0.25, -0.2) is 0 Å². The standard InChI is InChI=1S/C19H22N4O/c1-18(2)13-8-9-19(18,3)15(24)14(13)17-22-21-16-12-7-5-4-6-11(12)10-20-23(16)17/h4-7,10,13-15,24H,8-9H2,1-3H3/t13-,14+,15-,19+/m1/s1. The predicted octanol–water partition coefficient (Wildman–Crippen LogP) is 3.18. The van der Waals surface area contributed by atoms with Gasteiger partial charge in [-0.15, -0.1) is 10.2 Å². The molecule has 1 N–H and O–H groups in total. The summed E-state index contributed by atoms with van der Waals surface area (Å²) in [6.07, 6.45) is 3.68. The Morgan fingerprint density at radius 3 is 2.71 bits per heavy atom. The van der Waals surface area contributed by atoms with Crippen LogP contribution in [0, 0.1) is 16.7 Å². The molecule has 2 aliphatic carbocycles. The molecule has 0 spiro atoms. The molecular weight excluding hydrogens is 300 g/mol. The first-order valence-electron chi connectivity index (χ1n) is 8.72. The minimum Gasteiger partial charge on any atom is -0.392 e. The van der Waals surface area contributed by atoms with Gasteiger partial charge in [0.1, 0.15) is 0 Å². The molecule has 0 radical (unpaired) electrons. The highest BCUT2D eigenvalue weighted by Gasteiger charge is 2.67. The highest BCUT2D eigenvalue weighted by atomic mass is 16.3. The second-order valence-corrected chi connectivity index (χ2v) is 8.28. The van der Waals surface area contributed by atoms with Crippen LogP contribution in [0.25, 0.3) is 16.4 Å². The first-order valence-corrected chi connectivity index (χ1v) is 8.72. The zero-order valence-electron chi connectivity index (χ0n) is 14.3. The third-order valence-electron chi connectivity index (χ3n) is 7.28. The average molecular weight is 322 g/mol. The van der Waals surface area contributed by atoms with Crippen molar-refractivity contribution in [2.75, 3.05) is 0 Å². The lowest BCUT2D eigenvalue weighted by Gasteiger charge is -2.37. The normalized spacial score (nSPS) is 34.4. The van der Waals surface area contributed by atoms with Crippen LogP contribution in [0.4, 0.5) is 0 Å². The molecule has 5 nitrogen and oxygen atoms in total. The first kappa shape index (κ1) is 14.3. The van der Waals surface area contributed by atoms with Gasteiger partial charge in [0.05, 0.1) is 18.2 Å². The Bertz CT molecular complexity index is 962. The maximum atomic E-state index is 11.1. The Balaban J connectivity index is 1.72. The smallest absolute Gasteiger partial charge is 0.185 e. The topological polar surface area (TPSA) is 63.3 Å². The minimum atomic E-state index is -0.396. The molecule has 5 rings (SSSR count). The lowest BCUT2D eigenvalue weighted by Crippen LogP contribution is -2.37. The predicted molar refractivity (Wildman–Crippen MR) is 91.6 cm³/mol. The second-order valence-electron chi connectivity index (χ2n) is 8.28. The molecule has 4 atom stereocenters. The highest BCUT2D eigenvalue weighted by Crippen LogP contribution is 2.69. The number of hydrogen-bond donors (Lipinski definition) is 1. The van der Waals surface area contributed by atoms with E-state index in [-0.39, 0.29) is 16.7 Å². The largest absolute Gasteiger partial charge is 0.392 e. The summed E-state index contributed by atoms with van der Waals surface area (Å²) in [6.45, 7) is 6.81. The number of benzene rings is 1. The first-order chi connectivity index (χ1) is 11.4. The Kier molecular flexibility index (Phi) is 2.59. The molecule has 3 aromatic rings. The number of aliphatic hydroxyl groups excluding tert-OH is 1. The van der Waals surface area contributed by atoms with Crippen LogP contribution in [-0.4, -0.2) is 31.0 Å². The molecule has 2 fully saturated rings. The molecule has 0 aliphatic heterocycles. The molecule has 5 heteroatoms. The van der Waals surface area contributed by atoms with Gasteiger partial charge in [0.25, 0.3) is 0 Å². The van der Waals surface area contributed by atoms with Crippen molar-refractivity contribution in [2.24, 2.45) is 16.7 Å². The van der Waals surface area contributed by atoms with Gasteiger partial charge in [0.15, 0.2) is 11.5 Å². The van der Waals surface area contributed by atoms with Crippen LogP contribution in [0.1, 0.15) is 45.4 Å². The fraction of sp³-hybridized carbons (Fsp3) is 0.526. The molecule has 0 amide bonds. The lowest BCUT2D eigenvalue weighted by molar-refractivity contribution is 0.00326. The van der Waals surface area contributed by atoms with Crippen molar-refractivity contribution in [3.63, 3.8) is 0 Å². The van der Waals surface area contributed by atoms with Gasteiger partial charge in [0.2, 0.25) is 0 Å². The van der Waals surface area contributed by atoms with Gasteiger partial charge in [-0.05, 0) is 29.6 Å². The van der Waals surface area contributed by atoms with E-state index in [2.05, 4.69) is 36.1 Å². The third-order valence-corrected chi connectivity index (χ3v) is 7.28. The van der Waals surface area contributed by atoms with Crippen molar-refractivity contribution in [3.05, 3.63) is 36.3 Å². The van der Waals surface area contributed by atoms with Crippen LogP contribution in [0.15, 0.2) is 30.5 Å². The van der Waals surface area contributed by atoms with E-state index in [0.717, 1.165) is 35.1 Å². The average Bonchev–Trinajstić information content (AvgIpc) is 3.14. The van der Waals surface area contributed by atoms with Crippen LogP contribution < -0.4 is 0 Å². The number of fused-ring (bicyclic) bond motifs is 5. The second kappa shape index (κ2) is 4.33. The van der Waals surface area contributed by atoms with Gasteiger partial charge in [-0.1, -0.05) is 45.0 Å². The summed E-state index contributed by atoms with van der Waals surface area (Å²) in [5.74, 6) is 1.23. The maximum absolute atomic E-state index is 11.1. The van der Waals surface area contributed by atoms with Gasteiger partial charge >= 0.3 is 0 Å². The van der Waals surface area contributed by atoms with Crippen molar-refractivity contribution in [2.45, 2.75) is 45.6 Å². The lowest BCUT2D eigenvalue weighted by atomic mass is 9.70. The SMILES string of the molecule is CC1(C)[C@@H]2CC[C@@]1(C)[C@H](O)[C@H]2c1nnc2c3ccccc3cnn12. The number of aliphatic hydroxyl groups is 1. The van der Waals surface area contributed by atoms with Gasteiger partial charge in [0, 0.05) is 10.8 Å². The molecule has 1 aromatic carbocycles. The minimum absolute atomic E-state index is 0.00223. The molecule has 2 heterocycles. The van der Waals surface area contributed by atoms with Crippen molar-refractivity contribution in [3.8, 4) is 0 Å². The molecule has 0 unspecified atom stereocenters. The quantitative estimate of drug-likeness (QED) is 0.747. The molecule has 0 saturated heterocycles. The van der Waals surface area contributed by atoms with E-state index in [4.69, 9.17) is 0 Å². The number of nitrogens with zero attached hydrogens (tertiary/aromatic N) is 4.